The molecule has 0 saturated carbocycles. The number of methoxy groups -OCH3 is 1. The van der Waals surface area contributed by atoms with E-state index < -0.39 is 5.97 Å². The summed E-state index contributed by atoms with van der Waals surface area (Å²) in [6.07, 6.45) is 3.14. The van der Waals surface area contributed by atoms with Crippen molar-refractivity contribution in [1.29, 1.82) is 0 Å². The summed E-state index contributed by atoms with van der Waals surface area (Å²) < 4.78 is 4.84. The number of esters is 1. The predicted octanol–water partition coefficient (Wildman–Crippen LogP) is 3.88. The Hall–Kier alpha value is -1.92. The quantitative estimate of drug-likeness (QED) is 0.724. The average Bonchev–Trinajstić information content (AvgIpc) is 3.24. The van der Waals surface area contributed by atoms with Crippen LogP contribution in [0.4, 0.5) is 5.69 Å². The lowest BCUT2D eigenvalue weighted by molar-refractivity contribution is 0.0607. The molecule has 22 heavy (non-hydrogen) atoms. The van der Waals surface area contributed by atoms with E-state index in [1.807, 2.05) is 6.07 Å². The lowest BCUT2D eigenvalue weighted by Gasteiger charge is -2.09. The van der Waals surface area contributed by atoms with E-state index in [1.54, 1.807) is 11.3 Å². The number of nitrogens with two attached hydrogens (primary N) is 1. The maximum Gasteiger partial charge on any atom is 0.350 e. The molecular formula is C16H14N2O2S2. The van der Waals surface area contributed by atoms with Crippen LogP contribution in [0.5, 0.6) is 0 Å². The molecule has 3 aromatic rings. The van der Waals surface area contributed by atoms with Crippen LogP contribution < -0.4 is 5.73 Å². The topological polar surface area (TPSA) is 65.2 Å². The fourth-order valence-corrected chi connectivity index (χ4v) is 4.93. The van der Waals surface area contributed by atoms with Gasteiger partial charge >= 0.3 is 5.97 Å². The fourth-order valence-electron chi connectivity index (χ4n) is 3.08. The molecule has 1 aliphatic rings. The van der Waals surface area contributed by atoms with E-state index >= 15 is 0 Å². The Balaban J connectivity index is 2.10. The van der Waals surface area contributed by atoms with Crippen molar-refractivity contribution >= 4 is 44.5 Å². The summed E-state index contributed by atoms with van der Waals surface area (Å²) in [5, 5.41) is 2.97. The van der Waals surface area contributed by atoms with Crippen LogP contribution in [-0.4, -0.2) is 18.1 Å². The second kappa shape index (κ2) is 5.07. The smallest absolute Gasteiger partial charge is 0.350 e. The Bertz CT molecular complexity index is 882. The molecule has 0 atom stereocenters. The Kier molecular flexibility index (Phi) is 3.16. The van der Waals surface area contributed by atoms with Crippen molar-refractivity contribution in [2.24, 2.45) is 0 Å². The van der Waals surface area contributed by atoms with Crippen LogP contribution in [-0.2, 0) is 17.6 Å². The Labute approximate surface area is 135 Å². The van der Waals surface area contributed by atoms with Gasteiger partial charge in [-0.05, 0) is 36.3 Å². The number of ether oxygens (including phenoxy) is 1. The zero-order valence-electron chi connectivity index (χ0n) is 12.0. The van der Waals surface area contributed by atoms with Gasteiger partial charge in [0.05, 0.1) is 12.8 Å². The van der Waals surface area contributed by atoms with Crippen molar-refractivity contribution in [3.8, 4) is 10.4 Å². The molecule has 0 aromatic carbocycles. The van der Waals surface area contributed by atoms with Crippen molar-refractivity contribution in [2.75, 3.05) is 12.8 Å². The third kappa shape index (κ3) is 1.87. The molecule has 2 N–H and O–H groups in total. The third-order valence-corrected chi connectivity index (χ3v) is 6.01. The highest BCUT2D eigenvalue weighted by molar-refractivity contribution is 7.21. The van der Waals surface area contributed by atoms with Crippen molar-refractivity contribution in [1.82, 2.24) is 4.98 Å². The lowest BCUT2D eigenvalue weighted by Crippen LogP contribution is -2.02. The van der Waals surface area contributed by atoms with Crippen LogP contribution in [0.25, 0.3) is 20.7 Å². The van der Waals surface area contributed by atoms with Crippen LogP contribution in [0.3, 0.4) is 0 Å². The van der Waals surface area contributed by atoms with E-state index in [2.05, 4.69) is 11.4 Å². The number of hydrogen-bond donors (Lipinski definition) is 1. The summed E-state index contributed by atoms with van der Waals surface area (Å²) in [6, 6.07) is 4.14. The first kappa shape index (κ1) is 13.7. The number of carbonyl (C=O) groups excluding carboxylic acids is 1. The molecule has 1 aliphatic carbocycles. The van der Waals surface area contributed by atoms with E-state index in [1.165, 1.54) is 28.9 Å². The van der Waals surface area contributed by atoms with Gasteiger partial charge in [-0.2, -0.15) is 0 Å². The summed E-state index contributed by atoms with van der Waals surface area (Å²) in [6.45, 7) is 0. The molecule has 0 amide bonds. The number of rotatable bonds is 2. The molecule has 4 rings (SSSR count). The second-order valence-corrected chi connectivity index (χ2v) is 7.21. The fraction of sp³-hybridized carbons (Fsp3) is 0.250. The van der Waals surface area contributed by atoms with Gasteiger partial charge < -0.3 is 10.5 Å². The van der Waals surface area contributed by atoms with Crippen molar-refractivity contribution in [2.45, 2.75) is 19.3 Å². The van der Waals surface area contributed by atoms with E-state index in [9.17, 15) is 4.79 Å². The summed E-state index contributed by atoms with van der Waals surface area (Å²) in [7, 11) is 1.37. The summed E-state index contributed by atoms with van der Waals surface area (Å²) in [5.41, 5.74) is 10.4. The summed E-state index contributed by atoms with van der Waals surface area (Å²) >= 11 is 3.02. The number of aromatic nitrogens is 1. The number of fused-ring (bicyclic) bond motifs is 2. The van der Waals surface area contributed by atoms with Crippen LogP contribution >= 0.6 is 22.7 Å². The zero-order chi connectivity index (χ0) is 15.3. The standard InChI is InChI=1S/C16H14N2O2S2/c1-20-16(19)14-13(17)12-11(10-6-3-7-21-10)8-4-2-5-9(8)18-15(12)22-14/h3,6-7H,2,4-5,17H2,1H3. The maximum absolute atomic E-state index is 11.9. The van der Waals surface area contributed by atoms with Gasteiger partial charge in [0.25, 0.3) is 0 Å². The van der Waals surface area contributed by atoms with Gasteiger partial charge in [-0.3, -0.25) is 0 Å². The minimum atomic E-state index is -0.391. The molecule has 0 saturated heterocycles. The first-order valence-electron chi connectivity index (χ1n) is 7.06. The van der Waals surface area contributed by atoms with E-state index in [-0.39, 0.29) is 0 Å². The molecule has 0 bridgehead atoms. The van der Waals surface area contributed by atoms with E-state index in [0.717, 1.165) is 40.7 Å². The van der Waals surface area contributed by atoms with Crippen LogP contribution in [0.1, 0.15) is 27.3 Å². The van der Waals surface area contributed by atoms with Gasteiger partial charge in [-0.25, -0.2) is 9.78 Å². The predicted molar refractivity (Wildman–Crippen MR) is 90.7 cm³/mol. The van der Waals surface area contributed by atoms with Crippen molar-refractivity contribution in [3.05, 3.63) is 33.6 Å². The zero-order valence-corrected chi connectivity index (χ0v) is 13.6. The molecule has 0 radical (unpaired) electrons. The number of carbonyl (C=O) groups is 1. The molecule has 0 unspecified atom stereocenters. The molecule has 6 heteroatoms. The molecule has 0 aliphatic heterocycles. The molecule has 4 nitrogen and oxygen atoms in total. The minimum absolute atomic E-state index is 0.391. The van der Waals surface area contributed by atoms with Crippen LogP contribution in [0.2, 0.25) is 0 Å². The molecule has 3 aromatic heterocycles. The highest BCUT2D eigenvalue weighted by Gasteiger charge is 2.26. The van der Waals surface area contributed by atoms with Gasteiger partial charge in [0.2, 0.25) is 0 Å². The minimum Gasteiger partial charge on any atom is -0.465 e. The normalized spacial score (nSPS) is 13.5. The number of nitrogens with zero attached hydrogens (tertiary/aromatic N) is 1. The summed E-state index contributed by atoms with van der Waals surface area (Å²) in [4.78, 5) is 19.2. The average molecular weight is 330 g/mol. The lowest BCUT2D eigenvalue weighted by atomic mass is 10.0. The highest BCUT2D eigenvalue weighted by atomic mass is 32.1. The third-order valence-electron chi connectivity index (χ3n) is 4.04. The molecule has 0 spiro atoms. The van der Waals surface area contributed by atoms with E-state index in [4.69, 9.17) is 15.5 Å². The molecule has 3 heterocycles. The van der Waals surface area contributed by atoms with Gasteiger partial charge in [0.15, 0.2) is 0 Å². The Morgan fingerprint density at radius 1 is 1.41 bits per heavy atom. The molecule has 0 fully saturated rings. The largest absolute Gasteiger partial charge is 0.465 e. The van der Waals surface area contributed by atoms with Gasteiger partial charge in [0.1, 0.15) is 9.71 Å². The van der Waals surface area contributed by atoms with Crippen molar-refractivity contribution in [3.63, 3.8) is 0 Å². The first-order chi connectivity index (χ1) is 10.7. The monoisotopic (exact) mass is 330 g/mol. The van der Waals surface area contributed by atoms with Gasteiger partial charge in [-0.15, -0.1) is 22.7 Å². The first-order valence-corrected chi connectivity index (χ1v) is 8.76. The van der Waals surface area contributed by atoms with Crippen LogP contribution in [0, 0.1) is 0 Å². The second-order valence-electron chi connectivity index (χ2n) is 5.26. The number of nitrogen functional groups attached to an aromatic ring is 1. The Morgan fingerprint density at radius 3 is 3.00 bits per heavy atom. The van der Waals surface area contributed by atoms with Gasteiger partial charge in [0, 0.05) is 21.5 Å². The highest BCUT2D eigenvalue weighted by Crippen LogP contribution is 2.45. The number of anilines is 1. The van der Waals surface area contributed by atoms with Gasteiger partial charge in [-0.1, -0.05) is 6.07 Å². The summed E-state index contributed by atoms with van der Waals surface area (Å²) in [5.74, 6) is -0.391. The van der Waals surface area contributed by atoms with Crippen molar-refractivity contribution < 1.29 is 9.53 Å². The van der Waals surface area contributed by atoms with Crippen LogP contribution in [0.15, 0.2) is 17.5 Å². The Morgan fingerprint density at radius 2 is 2.27 bits per heavy atom. The molecular weight excluding hydrogens is 316 g/mol. The molecule has 112 valence electrons. The SMILES string of the molecule is COC(=O)c1sc2nc3c(c(-c4cccs4)c2c1N)CCC3. The van der Waals surface area contributed by atoms with E-state index in [0.29, 0.717) is 10.6 Å². The number of pyridine rings is 1. The number of hydrogen-bond acceptors (Lipinski definition) is 6. The number of aryl methyl sites for hydroxylation is 1. The number of thiophene rings is 2. The maximum atomic E-state index is 11.9.